The molecule has 0 aliphatic heterocycles. The summed E-state index contributed by atoms with van der Waals surface area (Å²) in [7, 11) is 0. The summed E-state index contributed by atoms with van der Waals surface area (Å²) >= 11 is 5.89. The molecular formula is C20H23ClN2O5. The number of carbonyl (C=O) groups excluding carboxylic acids is 3. The summed E-state index contributed by atoms with van der Waals surface area (Å²) in [6, 6.07) is 6.62. The Bertz CT molecular complexity index is 904. The summed E-state index contributed by atoms with van der Waals surface area (Å²) in [5.74, 6) is -1.76. The molecular weight excluding hydrogens is 384 g/mol. The predicted molar refractivity (Wildman–Crippen MR) is 106 cm³/mol. The Hall–Kier alpha value is -2.80. The van der Waals surface area contributed by atoms with Crippen molar-refractivity contribution in [2.45, 2.75) is 46.8 Å². The molecule has 1 atom stereocenters. The molecule has 1 heterocycles. The molecule has 0 fully saturated rings. The Morgan fingerprint density at radius 2 is 1.75 bits per heavy atom. The lowest BCUT2D eigenvalue weighted by Crippen LogP contribution is -2.30. The van der Waals surface area contributed by atoms with Gasteiger partial charge < -0.3 is 19.8 Å². The molecule has 2 aromatic rings. The third kappa shape index (κ3) is 5.13. The topological polar surface area (TPSA) is 97.5 Å². The number of benzene rings is 1. The summed E-state index contributed by atoms with van der Waals surface area (Å²) in [5.41, 5.74) is 1.79. The van der Waals surface area contributed by atoms with Crippen LogP contribution in [0.2, 0.25) is 5.02 Å². The number of amides is 1. The molecule has 0 radical (unpaired) electrons. The molecule has 0 aliphatic rings. The van der Waals surface area contributed by atoms with Gasteiger partial charge in [-0.25, -0.2) is 9.59 Å². The first-order chi connectivity index (χ1) is 13.1. The van der Waals surface area contributed by atoms with Gasteiger partial charge in [0.2, 0.25) is 0 Å². The van der Waals surface area contributed by atoms with Crippen molar-refractivity contribution < 1.29 is 23.9 Å². The van der Waals surface area contributed by atoms with Gasteiger partial charge in [0, 0.05) is 16.4 Å². The van der Waals surface area contributed by atoms with E-state index >= 15 is 0 Å². The summed E-state index contributed by atoms with van der Waals surface area (Å²) in [4.78, 5) is 39.8. The zero-order valence-corrected chi connectivity index (χ0v) is 17.1. The number of halogens is 1. The van der Waals surface area contributed by atoms with E-state index in [4.69, 9.17) is 21.1 Å². The van der Waals surface area contributed by atoms with E-state index in [2.05, 4.69) is 10.3 Å². The molecule has 150 valence electrons. The fraction of sp³-hybridized carbons (Fsp3) is 0.350. The van der Waals surface area contributed by atoms with E-state index in [9.17, 15) is 14.4 Å². The van der Waals surface area contributed by atoms with Crippen molar-refractivity contribution in [2.75, 3.05) is 5.32 Å². The van der Waals surface area contributed by atoms with Crippen LogP contribution >= 0.6 is 11.6 Å². The number of esters is 2. The van der Waals surface area contributed by atoms with Crippen molar-refractivity contribution in [1.29, 1.82) is 0 Å². The fourth-order valence-corrected chi connectivity index (χ4v) is 2.81. The van der Waals surface area contributed by atoms with E-state index in [1.54, 1.807) is 52.0 Å². The molecule has 0 aliphatic carbocycles. The van der Waals surface area contributed by atoms with Crippen LogP contribution in [0, 0.1) is 13.8 Å². The van der Waals surface area contributed by atoms with Gasteiger partial charge in [-0.2, -0.15) is 0 Å². The minimum Gasteiger partial charge on any atom is -0.459 e. The quantitative estimate of drug-likeness (QED) is 0.705. The van der Waals surface area contributed by atoms with Crippen LogP contribution in [0.5, 0.6) is 0 Å². The zero-order valence-electron chi connectivity index (χ0n) is 16.4. The molecule has 8 heteroatoms. The lowest BCUT2D eigenvalue weighted by atomic mass is 10.1. The minimum absolute atomic E-state index is 0.107. The summed E-state index contributed by atoms with van der Waals surface area (Å²) in [6.07, 6.45) is -1.34. The van der Waals surface area contributed by atoms with Gasteiger partial charge in [0.25, 0.3) is 5.91 Å². The third-order valence-electron chi connectivity index (χ3n) is 3.93. The summed E-state index contributed by atoms with van der Waals surface area (Å²) in [5, 5.41) is 3.10. The van der Waals surface area contributed by atoms with Crippen molar-refractivity contribution in [3.63, 3.8) is 0 Å². The van der Waals surface area contributed by atoms with Crippen molar-refractivity contribution in [2.24, 2.45) is 0 Å². The van der Waals surface area contributed by atoms with E-state index in [1.807, 2.05) is 0 Å². The maximum atomic E-state index is 12.5. The van der Waals surface area contributed by atoms with E-state index in [0.29, 0.717) is 22.0 Å². The molecule has 0 bridgehead atoms. The minimum atomic E-state index is -1.06. The van der Waals surface area contributed by atoms with E-state index in [1.165, 1.54) is 6.92 Å². The van der Waals surface area contributed by atoms with Crippen LogP contribution in [0.15, 0.2) is 24.3 Å². The lowest BCUT2D eigenvalue weighted by molar-refractivity contribution is -0.123. The van der Waals surface area contributed by atoms with E-state index in [0.717, 1.165) is 0 Å². The Kier molecular flexibility index (Phi) is 6.85. The second kappa shape index (κ2) is 8.93. The highest BCUT2D eigenvalue weighted by atomic mass is 35.5. The first-order valence-corrected chi connectivity index (χ1v) is 9.15. The number of aromatic nitrogens is 1. The van der Waals surface area contributed by atoms with Gasteiger partial charge in [0.1, 0.15) is 5.69 Å². The number of hydrogen-bond donors (Lipinski definition) is 2. The zero-order chi connectivity index (χ0) is 21.0. The van der Waals surface area contributed by atoms with Gasteiger partial charge in [-0.1, -0.05) is 17.7 Å². The second-order valence-electron chi connectivity index (χ2n) is 6.63. The van der Waals surface area contributed by atoms with Crippen molar-refractivity contribution in [3.05, 3.63) is 51.8 Å². The Labute approximate surface area is 168 Å². The Morgan fingerprint density at radius 1 is 1.07 bits per heavy atom. The molecule has 0 saturated carbocycles. The molecule has 1 aromatic heterocycles. The lowest BCUT2D eigenvalue weighted by Gasteiger charge is -2.13. The molecule has 0 saturated heterocycles. The number of anilines is 1. The van der Waals surface area contributed by atoms with Gasteiger partial charge in [-0.05, 0) is 58.4 Å². The normalized spacial score (nSPS) is 11.8. The highest BCUT2D eigenvalue weighted by molar-refractivity contribution is 6.30. The second-order valence-corrected chi connectivity index (χ2v) is 7.06. The Balaban J connectivity index is 2.09. The van der Waals surface area contributed by atoms with E-state index < -0.39 is 23.9 Å². The SMILES string of the molecule is Cc1[nH]c(C(=O)O[C@H](C)C(=O)Nc2cccc(Cl)c2)c(C)c1C(=O)OC(C)C. The van der Waals surface area contributed by atoms with Gasteiger partial charge in [-0.3, -0.25) is 4.79 Å². The molecule has 7 nitrogen and oxygen atoms in total. The van der Waals surface area contributed by atoms with Crippen molar-refractivity contribution in [1.82, 2.24) is 4.98 Å². The molecule has 1 amide bonds. The average molecular weight is 407 g/mol. The van der Waals surface area contributed by atoms with Crippen LogP contribution < -0.4 is 5.32 Å². The van der Waals surface area contributed by atoms with Gasteiger partial charge in [-0.15, -0.1) is 0 Å². The monoisotopic (exact) mass is 406 g/mol. The number of carbonyl (C=O) groups is 3. The number of aromatic amines is 1. The van der Waals surface area contributed by atoms with Gasteiger partial charge in [0.05, 0.1) is 11.7 Å². The number of aryl methyl sites for hydroxylation is 1. The van der Waals surface area contributed by atoms with Gasteiger partial charge >= 0.3 is 11.9 Å². The molecule has 2 rings (SSSR count). The van der Waals surface area contributed by atoms with Crippen molar-refractivity contribution >= 4 is 35.1 Å². The fourth-order valence-electron chi connectivity index (χ4n) is 2.62. The maximum Gasteiger partial charge on any atom is 0.355 e. The number of hydrogen-bond acceptors (Lipinski definition) is 5. The highest BCUT2D eigenvalue weighted by Crippen LogP contribution is 2.21. The van der Waals surface area contributed by atoms with Gasteiger partial charge in [0.15, 0.2) is 6.10 Å². The number of H-pyrrole nitrogens is 1. The Morgan fingerprint density at radius 3 is 2.36 bits per heavy atom. The number of nitrogens with one attached hydrogen (secondary N) is 2. The molecule has 1 aromatic carbocycles. The first kappa shape index (κ1) is 21.5. The molecule has 0 spiro atoms. The number of ether oxygens (including phenoxy) is 2. The van der Waals surface area contributed by atoms with Crippen LogP contribution in [-0.4, -0.2) is 35.0 Å². The van der Waals surface area contributed by atoms with Crippen LogP contribution in [0.4, 0.5) is 5.69 Å². The molecule has 2 N–H and O–H groups in total. The van der Waals surface area contributed by atoms with Crippen LogP contribution in [0.3, 0.4) is 0 Å². The van der Waals surface area contributed by atoms with E-state index in [-0.39, 0.29) is 17.4 Å². The number of rotatable bonds is 6. The molecule has 28 heavy (non-hydrogen) atoms. The predicted octanol–water partition coefficient (Wildman–Crippen LogP) is 4.03. The highest BCUT2D eigenvalue weighted by Gasteiger charge is 2.27. The first-order valence-electron chi connectivity index (χ1n) is 8.77. The third-order valence-corrected chi connectivity index (χ3v) is 4.17. The summed E-state index contributed by atoms with van der Waals surface area (Å²) in [6.45, 7) is 8.22. The van der Waals surface area contributed by atoms with Crippen molar-refractivity contribution in [3.8, 4) is 0 Å². The van der Waals surface area contributed by atoms with Crippen LogP contribution in [0.25, 0.3) is 0 Å². The molecule has 0 unspecified atom stereocenters. The van der Waals surface area contributed by atoms with Crippen LogP contribution in [-0.2, 0) is 14.3 Å². The largest absolute Gasteiger partial charge is 0.459 e. The maximum absolute atomic E-state index is 12.5. The van der Waals surface area contributed by atoms with Crippen LogP contribution in [0.1, 0.15) is 52.9 Å². The summed E-state index contributed by atoms with van der Waals surface area (Å²) < 4.78 is 10.4. The average Bonchev–Trinajstić information content (AvgIpc) is 2.88. The smallest absolute Gasteiger partial charge is 0.355 e. The standard InChI is InChI=1S/C20H23ClN2O5/c1-10(2)27-19(25)16-11(3)17(22-12(16)4)20(26)28-13(5)18(24)23-15-8-6-7-14(21)9-15/h6-10,13,22H,1-5H3,(H,23,24)/t13-/m1/s1.